The van der Waals surface area contributed by atoms with Gasteiger partial charge in [0.05, 0.1) is 24.3 Å². The van der Waals surface area contributed by atoms with E-state index in [9.17, 15) is 4.79 Å². The normalized spacial score (nSPS) is 14.9. The molecule has 1 aromatic rings. The number of carbonyl (C=O) groups is 1. The molecule has 2 unspecified atom stereocenters. The van der Waals surface area contributed by atoms with Gasteiger partial charge in [-0.05, 0) is 47.0 Å². The largest absolute Gasteiger partial charge is 0.444 e. The number of amides is 1. The molecule has 0 radical (unpaired) electrons. The fourth-order valence-electron chi connectivity index (χ4n) is 2.37. The molecule has 0 aliphatic carbocycles. The first-order valence-corrected chi connectivity index (χ1v) is 7.61. The summed E-state index contributed by atoms with van der Waals surface area (Å²) in [6.45, 7) is 14.1. The van der Waals surface area contributed by atoms with Gasteiger partial charge in [-0.2, -0.15) is 0 Å². The lowest BCUT2D eigenvalue weighted by molar-refractivity contribution is 0.0505. The molecule has 0 bridgehead atoms. The van der Waals surface area contributed by atoms with E-state index in [0.717, 1.165) is 12.1 Å². The van der Waals surface area contributed by atoms with Crippen molar-refractivity contribution in [2.75, 3.05) is 0 Å². The highest BCUT2D eigenvalue weighted by Gasteiger charge is 2.21. The zero-order chi connectivity index (χ0) is 16.2. The van der Waals surface area contributed by atoms with Crippen LogP contribution in [0.2, 0.25) is 0 Å². The Kier molecular flexibility index (Phi) is 5.81. The van der Waals surface area contributed by atoms with Crippen LogP contribution in [0.4, 0.5) is 4.79 Å². The van der Waals surface area contributed by atoms with Crippen LogP contribution in [0.15, 0.2) is 12.5 Å². The highest BCUT2D eigenvalue weighted by molar-refractivity contribution is 5.68. The topological polar surface area (TPSA) is 56.2 Å². The minimum absolute atomic E-state index is 0.142. The van der Waals surface area contributed by atoms with E-state index in [0.29, 0.717) is 12.0 Å². The quantitative estimate of drug-likeness (QED) is 0.890. The molecular formula is C16H29N3O2. The summed E-state index contributed by atoms with van der Waals surface area (Å²) in [7, 11) is 0. The number of nitrogens with one attached hydrogen (secondary N) is 1. The Morgan fingerprint density at radius 2 is 1.95 bits per heavy atom. The van der Waals surface area contributed by atoms with Crippen LogP contribution in [0.3, 0.4) is 0 Å². The monoisotopic (exact) mass is 295 g/mol. The predicted molar refractivity (Wildman–Crippen MR) is 84.2 cm³/mol. The second-order valence-electron chi connectivity index (χ2n) is 7.07. The van der Waals surface area contributed by atoms with Crippen molar-refractivity contribution in [2.24, 2.45) is 5.92 Å². The standard InChI is InChI=1S/C16H29N3O2/c1-11(2)8-12(3)19-10-17-9-14(19)13(4)18-15(20)21-16(5,6)7/h9-13H,8H2,1-7H3,(H,18,20). The molecule has 0 saturated carbocycles. The zero-order valence-corrected chi connectivity index (χ0v) is 14.3. The number of carbonyl (C=O) groups excluding carboxylic acids is 1. The molecule has 0 aromatic carbocycles. The van der Waals surface area contributed by atoms with Gasteiger partial charge in [0.15, 0.2) is 0 Å². The molecule has 1 N–H and O–H groups in total. The molecule has 120 valence electrons. The summed E-state index contributed by atoms with van der Waals surface area (Å²) in [5.74, 6) is 0.615. The van der Waals surface area contributed by atoms with Crippen LogP contribution in [0.1, 0.15) is 72.7 Å². The summed E-state index contributed by atoms with van der Waals surface area (Å²) in [4.78, 5) is 16.1. The minimum Gasteiger partial charge on any atom is -0.444 e. The number of hydrogen-bond donors (Lipinski definition) is 1. The number of ether oxygens (including phenoxy) is 1. The molecule has 0 fully saturated rings. The van der Waals surface area contributed by atoms with Crippen molar-refractivity contribution in [3.8, 4) is 0 Å². The first-order chi connectivity index (χ1) is 9.60. The van der Waals surface area contributed by atoms with Crippen molar-refractivity contribution in [3.63, 3.8) is 0 Å². The Balaban J connectivity index is 2.73. The van der Waals surface area contributed by atoms with Crippen molar-refractivity contribution >= 4 is 6.09 Å². The molecule has 1 aromatic heterocycles. The highest BCUT2D eigenvalue weighted by atomic mass is 16.6. The van der Waals surface area contributed by atoms with Gasteiger partial charge >= 0.3 is 6.09 Å². The summed E-state index contributed by atoms with van der Waals surface area (Å²) < 4.78 is 7.42. The molecule has 2 atom stereocenters. The van der Waals surface area contributed by atoms with Gasteiger partial charge in [-0.15, -0.1) is 0 Å². The summed E-state index contributed by atoms with van der Waals surface area (Å²) in [5.41, 5.74) is 0.503. The van der Waals surface area contributed by atoms with Crippen LogP contribution in [-0.4, -0.2) is 21.2 Å². The van der Waals surface area contributed by atoms with Crippen molar-refractivity contribution in [1.82, 2.24) is 14.9 Å². The van der Waals surface area contributed by atoms with E-state index in [1.807, 2.05) is 34.0 Å². The summed E-state index contributed by atoms with van der Waals surface area (Å²) in [6.07, 6.45) is 4.30. The molecule has 1 amide bonds. The molecular weight excluding hydrogens is 266 g/mol. The fourth-order valence-corrected chi connectivity index (χ4v) is 2.37. The van der Waals surface area contributed by atoms with Gasteiger partial charge in [0.1, 0.15) is 5.60 Å². The van der Waals surface area contributed by atoms with E-state index in [1.54, 1.807) is 6.20 Å². The number of hydrogen-bond acceptors (Lipinski definition) is 3. The Bertz CT molecular complexity index is 460. The molecule has 0 saturated heterocycles. The number of rotatable bonds is 5. The van der Waals surface area contributed by atoms with Crippen LogP contribution >= 0.6 is 0 Å². The fraction of sp³-hybridized carbons (Fsp3) is 0.750. The van der Waals surface area contributed by atoms with Crippen LogP contribution in [-0.2, 0) is 4.74 Å². The SMILES string of the molecule is CC(C)CC(C)n1cncc1C(C)NC(=O)OC(C)(C)C. The van der Waals surface area contributed by atoms with Gasteiger partial charge in [0.25, 0.3) is 0 Å². The lowest BCUT2D eigenvalue weighted by atomic mass is 10.0. The Morgan fingerprint density at radius 1 is 1.33 bits per heavy atom. The van der Waals surface area contributed by atoms with Gasteiger partial charge in [0.2, 0.25) is 0 Å². The van der Waals surface area contributed by atoms with Crippen molar-refractivity contribution in [2.45, 2.75) is 72.6 Å². The number of nitrogens with zero attached hydrogens (tertiary/aromatic N) is 2. The zero-order valence-electron chi connectivity index (χ0n) is 14.3. The van der Waals surface area contributed by atoms with Gasteiger partial charge in [-0.1, -0.05) is 13.8 Å². The van der Waals surface area contributed by atoms with E-state index >= 15 is 0 Å². The van der Waals surface area contributed by atoms with Crippen LogP contribution in [0.25, 0.3) is 0 Å². The average molecular weight is 295 g/mol. The lowest BCUT2D eigenvalue weighted by Gasteiger charge is -2.24. The third-order valence-electron chi connectivity index (χ3n) is 3.16. The maximum absolute atomic E-state index is 11.9. The van der Waals surface area contributed by atoms with Gasteiger partial charge in [-0.3, -0.25) is 0 Å². The summed E-state index contributed by atoms with van der Waals surface area (Å²) >= 11 is 0. The molecule has 0 spiro atoms. The molecule has 5 nitrogen and oxygen atoms in total. The molecule has 0 aliphatic heterocycles. The van der Waals surface area contributed by atoms with Crippen LogP contribution in [0, 0.1) is 5.92 Å². The molecule has 21 heavy (non-hydrogen) atoms. The van der Waals surface area contributed by atoms with E-state index in [-0.39, 0.29) is 6.04 Å². The van der Waals surface area contributed by atoms with Crippen molar-refractivity contribution in [1.29, 1.82) is 0 Å². The second-order valence-corrected chi connectivity index (χ2v) is 7.07. The Hall–Kier alpha value is -1.52. The van der Waals surface area contributed by atoms with Crippen LogP contribution < -0.4 is 5.32 Å². The third-order valence-corrected chi connectivity index (χ3v) is 3.16. The van der Waals surface area contributed by atoms with Gasteiger partial charge < -0.3 is 14.6 Å². The Morgan fingerprint density at radius 3 is 2.48 bits per heavy atom. The average Bonchev–Trinajstić information content (AvgIpc) is 2.73. The molecule has 5 heteroatoms. The Labute approximate surface area is 128 Å². The number of imidazole rings is 1. The maximum atomic E-state index is 11.9. The van der Waals surface area contributed by atoms with Crippen LogP contribution in [0.5, 0.6) is 0 Å². The second kappa shape index (κ2) is 6.96. The number of alkyl carbamates (subject to hydrolysis) is 1. The first-order valence-electron chi connectivity index (χ1n) is 7.61. The minimum atomic E-state index is -0.491. The predicted octanol–water partition coefficient (Wildman–Crippen LogP) is 4.08. The van der Waals surface area contributed by atoms with E-state index in [4.69, 9.17) is 4.74 Å². The van der Waals surface area contributed by atoms with E-state index in [2.05, 4.69) is 35.6 Å². The van der Waals surface area contributed by atoms with Crippen molar-refractivity contribution < 1.29 is 9.53 Å². The van der Waals surface area contributed by atoms with E-state index < -0.39 is 11.7 Å². The van der Waals surface area contributed by atoms with Gasteiger partial charge in [0, 0.05) is 6.04 Å². The summed E-state index contributed by atoms with van der Waals surface area (Å²) in [6, 6.07) is 0.211. The lowest BCUT2D eigenvalue weighted by Crippen LogP contribution is -2.34. The third kappa shape index (κ3) is 5.78. The molecule has 1 heterocycles. The van der Waals surface area contributed by atoms with Gasteiger partial charge in [-0.25, -0.2) is 9.78 Å². The first kappa shape index (κ1) is 17.5. The highest BCUT2D eigenvalue weighted by Crippen LogP contribution is 2.22. The number of aromatic nitrogens is 2. The molecule has 0 aliphatic rings. The van der Waals surface area contributed by atoms with Crippen molar-refractivity contribution in [3.05, 3.63) is 18.2 Å². The smallest absolute Gasteiger partial charge is 0.408 e. The maximum Gasteiger partial charge on any atom is 0.408 e. The summed E-state index contributed by atoms with van der Waals surface area (Å²) in [5, 5.41) is 2.87. The molecule has 1 rings (SSSR count). The van der Waals surface area contributed by atoms with E-state index in [1.165, 1.54) is 0 Å².